The molecule has 238 valence electrons. The predicted octanol–water partition coefficient (Wildman–Crippen LogP) is 6.21. The van der Waals surface area contributed by atoms with Crippen molar-refractivity contribution in [3.63, 3.8) is 0 Å². The molecule has 2 saturated carbocycles. The number of rotatable bonds is 9. The number of ketones is 3. The molecule has 3 rings (SSSR count). The number of halogens is 3. The number of Topliss-reactive ketones (excluding diaryl/α,β-unsaturated/α-hetero) is 3. The number of nitrogens with zero attached hydrogens (tertiary/aromatic N) is 1. The van der Waals surface area contributed by atoms with Crippen LogP contribution in [0.15, 0.2) is 18.2 Å². The van der Waals surface area contributed by atoms with Crippen molar-refractivity contribution >= 4 is 35.0 Å². The molecule has 10 nitrogen and oxygen atoms in total. The fraction of sp³-hybridized carbons (Fsp3) is 0.633. The minimum absolute atomic E-state index is 0.0468. The van der Waals surface area contributed by atoms with Gasteiger partial charge in [0.05, 0.1) is 16.1 Å². The van der Waals surface area contributed by atoms with E-state index in [4.69, 9.17) is 9.47 Å². The summed E-state index contributed by atoms with van der Waals surface area (Å²) in [5, 5.41) is 11.3. The molecular weight excluding hydrogens is 575 g/mol. The maximum atomic E-state index is 12.9. The summed E-state index contributed by atoms with van der Waals surface area (Å²) in [6.45, 7) is 9.96. The van der Waals surface area contributed by atoms with Crippen LogP contribution in [-0.2, 0) is 34.8 Å². The Bertz CT molecular complexity index is 1250. The number of benzene rings is 1. The summed E-state index contributed by atoms with van der Waals surface area (Å²) >= 11 is 0. The van der Waals surface area contributed by atoms with E-state index < -0.39 is 74.5 Å². The van der Waals surface area contributed by atoms with E-state index in [1.54, 1.807) is 20.8 Å². The average Bonchev–Trinajstić information content (AvgIpc) is 2.73. The van der Waals surface area contributed by atoms with E-state index in [2.05, 4.69) is 0 Å². The van der Waals surface area contributed by atoms with Gasteiger partial charge in [0.15, 0.2) is 17.5 Å². The lowest BCUT2D eigenvalue weighted by Gasteiger charge is -2.28. The maximum absolute atomic E-state index is 12.9. The summed E-state index contributed by atoms with van der Waals surface area (Å²) in [7, 11) is 0. The molecule has 0 N–H and O–H groups in total. The normalized spacial score (nSPS) is 16.4. The van der Waals surface area contributed by atoms with Gasteiger partial charge in [0.25, 0.3) is 5.69 Å². The second-order valence-electron chi connectivity index (χ2n) is 12.7. The molecule has 1 aromatic carbocycles. The van der Waals surface area contributed by atoms with Gasteiger partial charge in [0.2, 0.25) is 0 Å². The number of hydrogen-bond acceptors (Lipinski definition) is 9. The summed E-state index contributed by atoms with van der Waals surface area (Å²) in [5.74, 6) is -5.89. The Morgan fingerprint density at radius 2 is 1.40 bits per heavy atom. The molecule has 0 saturated heterocycles. The highest BCUT2D eigenvalue weighted by Gasteiger charge is 2.45. The van der Waals surface area contributed by atoms with Crippen LogP contribution < -0.4 is 0 Å². The van der Waals surface area contributed by atoms with Crippen molar-refractivity contribution in [2.24, 2.45) is 17.8 Å². The Morgan fingerprint density at radius 3 is 1.79 bits per heavy atom. The van der Waals surface area contributed by atoms with Crippen LogP contribution in [0.2, 0.25) is 0 Å². The highest BCUT2D eigenvalue weighted by atomic mass is 19.4. The number of ether oxygens (including phenoxy) is 2. The molecule has 0 aromatic heterocycles. The number of carbonyl (C=O) groups is 5. The SMILES string of the molecule is CC(C)(C)OC(=O)C(C(=O)c1ccc(C(F)(F)F)cc1[N+](=O)[O-])C(=O)C1CCC1.CC(C)(C)OC(=O)CC(=O)C1CCC1. The Kier molecular flexibility index (Phi) is 11.4. The van der Waals surface area contributed by atoms with Crippen molar-refractivity contribution < 1.29 is 51.5 Å². The second kappa shape index (κ2) is 13.8. The van der Waals surface area contributed by atoms with E-state index in [0.29, 0.717) is 25.0 Å². The molecule has 0 amide bonds. The Hall–Kier alpha value is -3.64. The van der Waals surface area contributed by atoms with Gasteiger partial charge in [-0.3, -0.25) is 34.1 Å². The Labute approximate surface area is 247 Å². The van der Waals surface area contributed by atoms with Crippen LogP contribution in [0.4, 0.5) is 18.9 Å². The van der Waals surface area contributed by atoms with Crippen molar-refractivity contribution in [1.82, 2.24) is 0 Å². The number of nitro benzene ring substituents is 1. The average molecular weight is 614 g/mol. The molecule has 1 aromatic rings. The van der Waals surface area contributed by atoms with Gasteiger partial charge in [-0.25, -0.2) is 0 Å². The van der Waals surface area contributed by atoms with E-state index in [9.17, 15) is 47.3 Å². The van der Waals surface area contributed by atoms with E-state index in [-0.39, 0.29) is 24.2 Å². The molecule has 0 bridgehead atoms. The molecule has 2 aliphatic carbocycles. The number of alkyl halides is 3. The van der Waals surface area contributed by atoms with Gasteiger partial charge in [-0.15, -0.1) is 0 Å². The first-order valence-corrected chi connectivity index (χ1v) is 14.0. The van der Waals surface area contributed by atoms with Crippen molar-refractivity contribution in [3.05, 3.63) is 39.4 Å². The third kappa shape index (κ3) is 10.5. The maximum Gasteiger partial charge on any atom is 0.416 e. The number of esters is 2. The molecular formula is C30H38F3NO9. The van der Waals surface area contributed by atoms with Gasteiger partial charge in [0, 0.05) is 17.9 Å². The summed E-state index contributed by atoms with van der Waals surface area (Å²) in [4.78, 5) is 71.0. The molecule has 1 atom stereocenters. The summed E-state index contributed by atoms with van der Waals surface area (Å²) < 4.78 is 48.9. The van der Waals surface area contributed by atoms with E-state index in [1.807, 2.05) is 0 Å². The van der Waals surface area contributed by atoms with Crippen LogP contribution in [0.3, 0.4) is 0 Å². The molecule has 0 radical (unpaired) electrons. The van der Waals surface area contributed by atoms with Crippen molar-refractivity contribution in [3.8, 4) is 0 Å². The monoisotopic (exact) mass is 613 g/mol. The standard InChI is InChI=1S/C19H20F3NO6.C11H18O3/c1-18(2,3)29-17(26)14(15(24)10-5-4-6-10)16(25)12-8-7-11(19(20,21)22)9-13(12)23(27)28;1-11(2,3)14-10(13)7-9(12)8-5-4-6-8/h7-10,14H,4-6H2,1-3H3;8H,4-7H2,1-3H3. The fourth-order valence-electron chi connectivity index (χ4n) is 4.26. The number of nitro groups is 1. The van der Waals surface area contributed by atoms with Crippen LogP contribution in [-0.4, -0.2) is 45.4 Å². The first-order chi connectivity index (χ1) is 19.6. The first-order valence-electron chi connectivity index (χ1n) is 14.0. The minimum atomic E-state index is -4.86. The zero-order valence-corrected chi connectivity index (χ0v) is 25.2. The third-order valence-corrected chi connectivity index (χ3v) is 6.78. The van der Waals surface area contributed by atoms with E-state index >= 15 is 0 Å². The number of carbonyl (C=O) groups excluding carboxylic acids is 5. The van der Waals surface area contributed by atoms with Gasteiger partial charge < -0.3 is 9.47 Å². The molecule has 2 aliphatic rings. The largest absolute Gasteiger partial charge is 0.460 e. The quantitative estimate of drug-likeness (QED) is 0.104. The summed E-state index contributed by atoms with van der Waals surface area (Å²) in [6.07, 6.45) is -0.262. The molecule has 2 fully saturated rings. The molecule has 0 aliphatic heterocycles. The lowest BCUT2D eigenvalue weighted by molar-refractivity contribution is -0.385. The molecule has 0 heterocycles. The van der Waals surface area contributed by atoms with Crippen LogP contribution in [0, 0.1) is 27.9 Å². The van der Waals surface area contributed by atoms with Crippen molar-refractivity contribution in [2.45, 2.75) is 104 Å². The Morgan fingerprint density at radius 1 is 0.884 bits per heavy atom. The highest BCUT2D eigenvalue weighted by Crippen LogP contribution is 2.36. The van der Waals surface area contributed by atoms with Gasteiger partial charge in [-0.05, 0) is 79.4 Å². The van der Waals surface area contributed by atoms with E-state index in [0.717, 1.165) is 25.7 Å². The lowest BCUT2D eigenvalue weighted by Crippen LogP contribution is -2.42. The van der Waals surface area contributed by atoms with Gasteiger partial charge in [-0.1, -0.05) is 12.8 Å². The lowest BCUT2D eigenvalue weighted by atomic mass is 9.76. The molecule has 1 unspecified atom stereocenters. The van der Waals surface area contributed by atoms with Crippen molar-refractivity contribution in [2.75, 3.05) is 0 Å². The van der Waals surface area contributed by atoms with Crippen LogP contribution >= 0.6 is 0 Å². The van der Waals surface area contributed by atoms with Gasteiger partial charge in [0.1, 0.15) is 23.4 Å². The van der Waals surface area contributed by atoms with E-state index in [1.165, 1.54) is 20.8 Å². The zero-order chi connectivity index (χ0) is 32.9. The fourth-order valence-corrected chi connectivity index (χ4v) is 4.26. The third-order valence-electron chi connectivity index (χ3n) is 6.78. The van der Waals surface area contributed by atoms with Crippen molar-refractivity contribution in [1.29, 1.82) is 0 Å². The summed E-state index contributed by atoms with van der Waals surface area (Å²) in [6, 6.07) is 1.34. The molecule has 0 spiro atoms. The zero-order valence-electron chi connectivity index (χ0n) is 25.2. The minimum Gasteiger partial charge on any atom is -0.460 e. The molecule has 43 heavy (non-hydrogen) atoms. The van der Waals surface area contributed by atoms with Crippen LogP contribution in [0.1, 0.15) is 102 Å². The van der Waals surface area contributed by atoms with Gasteiger partial charge >= 0.3 is 18.1 Å². The smallest absolute Gasteiger partial charge is 0.416 e. The second-order valence-corrected chi connectivity index (χ2v) is 12.7. The highest BCUT2D eigenvalue weighted by molar-refractivity contribution is 6.24. The first kappa shape index (κ1) is 35.6. The molecule has 13 heteroatoms. The summed E-state index contributed by atoms with van der Waals surface area (Å²) in [5.41, 5.74) is -4.72. The Balaban J connectivity index is 0.000000385. The topological polar surface area (TPSA) is 147 Å². The number of hydrogen-bond donors (Lipinski definition) is 0. The van der Waals surface area contributed by atoms with Gasteiger partial charge in [-0.2, -0.15) is 13.2 Å². The van der Waals surface area contributed by atoms with Crippen LogP contribution in [0.5, 0.6) is 0 Å². The predicted molar refractivity (Wildman–Crippen MR) is 147 cm³/mol. The van der Waals surface area contributed by atoms with Crippen LogP contribution in [0.25, 0.3) is 0 Å².